The fourth-order valence-corrected chi connectivity index (χ4v) is 5.53. The normalized spacial score (nSPS) is 10.3. The third kappa shape index (κ3) is 10.3. The van der Waals surface area contributed by atoms with Crippen LogP contribution in [-0.2, 0) is 39.0 Å². The van der Waals surface area contributed by atoms with E-state index in [0.717, 1.165) is 19.3 Å². The molecule has 0 aromatic heterocycles. The fourth-order valence-electron chi connectivity index (χ4n) is 5.53. The molecule has 0 fully saturated rings. The van der Waals surface area contributed by atoms with E-state index in [-0.39, 0.29) is 51.0 Å². The Labute approximate surface area is 310 Å². The van der Waals surface area contributed by atoms with Gasteiger partial charge in [0.25, 0.3) is 0 Å². The van der Waals surface area contributed by atoms with Crippen molar-refractivity contribution < 1.29 is 51.0 Å². The maximum Gasteiger partial charge on any atom is 2.00 e. The van der Waals surface area contributed by atoms with Crippen LogP contribution in [0, 0.1) is 13.8 Å². The Balaban J connectivity index is 0.000000400. The van der Waals surface area contributed by atoms with Gasteiger partial charge in [-0.15, -0.1) is 69.1 Å². The third-order valence-corrected chi connectivity index (χ3v) is 8.23. The standard InChI is InChI=1S/2C20H21.C3H6.2ClH.Zr/c2*1-4-15-8-10-16(11-9-15)19-7-5-6-17-12-18(14(2)3)13-20(17)19;1-3-2;;;/h2*5-14H,4H2,1-3H3;1-3H2;2*1H;/q2*-1;-2;;;+2/p-2. The van der Waals surface area contributed by atoms with Crippen molar-refractivity contribution in [2.75, 3.05) is 0 Å². The van der Waals surface area contributed by atoms with Gasteiger partial charge >= 0.3 is 26.2 Å². The van der Waals surface area contributed by atoms with E-state index in [1.165, 1.54) is 66.1 Å². The van der Waals surface area contributed by atoms with E-state index >= 15 is 0 Å². The average molecular weight is 727 g/mol. The molecule has 0 unspecified atom stereocenters. The molecule has 3 heteroatoms. The Bertz CT molecular complexity index is 1590. The summed E-state index contributed by atoms with van der Waals surface area (Å²) in [5.41, 5.74) is 11.0. The third-order valence-electron chi connectivity index (χ3n) is 8.23. The van der Waals surface area contributed by atoms with Gasteiger partial charge < -0.3 is 45.1 Å². The van der Waals surface area contributed by atoms with Crippen LogP contribution in [0.3, 0.4) is 0 Å². The van der Waals surface area contributed by atoms with E-state index in [1.54, 1.807) is 0 Å². The predicted molar refractivity (Wildman–Crippen MR) is 192 cm³/mol. The SMILES string of the molecule is CCc1ccc(-c2cccc3[cH-]c(C(C)C)cc23)cc1.CCc1ccc(-c2cccc3[cH-]c(C(C)C)cc23)cc1.[CH2-]C[CH2-].[Cl-].[Cl-].[Zr+2]. The van der Waals surface area contributed by atoms with Crippen LogP contribution in [0.2, 0.25) is 0 Å². The maximum absolute atomic E-state index is 3.38. The molecule has 0 radical (unpaired) electrons. The molecule has 0 heterocycles. The summed E-state index contributed by atoms with van der Waals surface area (Å²) >= 11 is 0. The summed E-state index contributed by atoms with van der Waals surface area (Å²) in [7, 11) is 0. The summed E-state index contributed by atoms with van der Waals surface area (Å²) < 4.78 is 0. The summed E-state index contributed by atoms with van der Waals surface area (Å²) in [5.74, 6) is 1.16. The first-order chi connectivity index (χ1) is 20.8. The van der Waals surface area contributed by atoms with Crippen LogP contribution < -0.4 is 24.8 Å². The van der Waals surface area contributed by atoms with Gasteiger partial charge in [0.15, 0.2) is 0 Å². The number of hydrogen-bond acceptors (Lipinski definition) is 0. The van der Waals surface area contributed by atoms with Gasteiger partial charge in [-0.1, -0.05) is 113 Å². The minimum absolute atomic E-state index is 0. The van der Waals surface area contributed by atoms with Gasteiger partial charge in [0, 0.05) is 0 Å². The number of halogens is 2. The van der Waals surface area contributed by atoms with Crippen molar-refractivity contribution in [3.05, 3.63) is 145 Å². The molecule has 0 atom stereocenters. The first-order valence-corrected chi connectivity index (χ1v) is 15.9. The molecule has 0 spiro atoms. The molecule has 0 aliphatic carbocycles. The van der Waals surface area contributed by atoms with Crippen molar-refractivity contribution in [3.63, 3.8) is 0 Å². The number of aryl methyl sites for hydroxylation is 2. The van der Waals surface area contributed by atoms with Gasteiger partial charge in [-0.3, -0.25) is 0 Å². The van der Waals surface area contributed by atoms with Crippen molar-refractivity contribution in [1.29, 1.82) is 0 Å². The molecule has 46 heavy (non-hydrogen) atoms. The summed E-state index contributed by atoms with van der Waals surface area (Å²) in [6, 6.07) is 40.5. The molecule has 0 saturated heterocycles. The Morgan fingerprint density at radius 2 is 0.870 bits per heavy atom. The van der Waals surface area contributed by atoms with Crippen LogP contribution in [0.15, 0.2) is 109 Å². The topological polar surface area (TPSA) is 0 Å². The predicted octanol–water partition coefficient (Wildman–Crippen LogP) is 6.87. The molecule has 0 saturated carbocycles. The summed E-state index contributed by atoms with van der Waals surface area (Å²) in [5, 5.41) is 5.46. The van der Waals surface area contributed by atoms with E-state index in [9.17, 15) is 0 Å². The fraction of sp³-hybridized carbons (Fsp3) is 0.256. The van der Waals surface area contributed by atoms with E-state index in [2.05, 4.69) is 165 Å². The monoisotopic (exact) mass is 724 g/mol. The van der Waals surface area contributed by atoms with Crippen molar-refractivity contribution in [2.24, 2.45) is 0 Å². The van der Waals surface area contributed by atoms with Crippen LogP contribution in [0.4, 0.5) is 0 Å². The van der Waals surface area contributed by atoms with Crippen molar-refractivity contribution in [2.45, 2.75) is 72.6 Å². The first-order valence-electron chi connectivity index (χ1n) is 15.9. The number of hydrogen-bond donors (Lipinski definition) is 0. The smallest absolute Gasteiger partial charge is 1.00 e. The van der Waals surface area contributed by atoms with Crippen molar-refractivity contribution >= 4 is 21.5 Å². The van der Waals surface area contributed by atoms with Gasteiger partial charge in [0.1, 0.15) is 0 Å². The summed E-state index contributed by atoms with van der Waals surface area (Å²) in [6.45, 7) is 20.2. The van der Waals surface area contributed by atoms with Crippen LogP contribution >= 0.6 is 0 Å². The zero-order valence-corrected chi connectivity index (χ0v) is 32.3. The van der Waals surface area contributed by atoms with E-state index in [4.69, 9.17) is 0 Å². The van der Waals surface area contributed by atoms with Gasteiger partial charge in [0.05, 0.1) is 0 Å². The molecule has 0 amide bonds. The van der Waals surface area contributed by atoms with Gasteiger partial charge in [-0.05, 0) is 46.9 Å². The quantitative estimate of drug-likeness (QED) is 0.165. The molecule has 0 N–H and O–H groups in total. The van der Waals surface area contributed by atoms with Crippen LogP contribution in [0.5, 0.6) is 0 Å². The minimum atomic E-state index is 0. The van der Waals surface area contributed by atoms with Gasteiger partial charge in [-0.2, -0.15) is 12.1 Å². The number of benzene rings is 4. The van der Waals surface area contributed by atoms with Gasteiger partial charge in [-0.25, -0.2) is 0 Å². The summed E-state index contributed by atoms with van der Waals surface area (Å²) in [4.78, 5) is 0. The maximum atomic E-state index is 3.38. The zero-order chi connectivity index (χ0) is 30.9. The zero-order valence-electron chi connectivity index (χ0n) is 28.3. The molecule has 0 bridgehead atoms. The molecule has 6 rings (SSSR count). The molecule has 242 valence electrons. The largest absolute Gasteiger partial charge is 2.00 e. The van der Waals surface area contributed by atoms with Crippen molar-refractivity contribution in [1.82, 2.24) is 0 Å². The molecule has 0 aliphatic heterocycles. The van der Waals surface area contributed by atoms with E-state index in [1.807, 2.05) is 0 Å². The average Bonchev–Trinajstić information content (AvgIpc) is 3.67. The molecule has 0 nitrogen and oxygen atoms in total. The van der Waals surface area contributed by atoms with Crippen LogP contribution in [0.25, 0.3) is 43.8 Å². The van der Waals surface area contributed by atoms with Gasteiger partial charge in [0.2, 0.25) is 0 Å². The molecular weight excluding hydrogens is 679 g/mol. The first kappa shape index (κ1) is 41.6. The Kier molecular flexibility index (Phi) is 18.1. The van der Waals surface area contributed by atoms with E-state index < -0.39 is 0 Å². The number of rotatable bonds is 6. The second-order valence-corrected chi connectivity index (χ2v) is 12.0. The molecule has 6 aromatic rings. The second kappa shape index (κ2) is 20.0. The Morgan fingerprint density at radius 3 is 1.15 bits per heavy atom. The Morgan fingerprint density at radius 1 is 0.543 bits per heavy atom. The van der Waals surface area contributed by atoms with Crippen molar-refractivity contribution in [3.8, 4) is 22.3 Å². The Hall–Kier alpha value is -2.44. The second-order valence-electron chi connectivity index (χ2n) is 12.0. The number of fused-ring (bicyclic) bond motifs is 2. The van der Waals surface area contributed by atoms with Crippen LogP contribution in [-0.4, -0.2) is 0 Å². The van der Waals surface area contributed by atoms with Crippen LogP contribution in [0.1, 0.15) is 82.1 Å². The minimum Gasteiger partial charge on any atom is -1.00 e. The summed E-state index contributed by atoms with van der Waals surface area (Å²) in [6.07, 6.45) is 2.94. The van der Waals surface area contributed by atoms with E-state index in [0.29, 0.717) is 11.8 Å². The molecule has 6 aromatic carbocycles. The molecule has 0 aliphatic rings. The molecular formula is C43H48Cl2Zr-4.